The molecule has 0 radical (unpaired) electrons. The van der Waals surface area contributed by atoms with E-state index >= 15 is 0 Å². The Morgan fingerprint density at radius 3 is 2.64 bits per heavy atom. The van der Waals surface area contributed by atoms with Gasteiger partial charge in [-0.05, 0) is 49.6 Å². The van der Waals surface area contributed by atoms with Crippen LogP contribution < -0.4 is 15.6 Å². The molecule has 6 heteroatoms. The lowest BCUT2D eigenvalue weighted by molar-refractivity contribution is 0.0948. The SMILES string of the molecule is COCCOc1cccc(CNC(=O)c2c(C)c(C)c(C)[nH]c2=O)c1. The highest BCUT2D eigenvalue weighted by molar-refractivity contribution is 5.95. The lowest BCUT2D eigenvalue weighted by Gasteiger charge is -2.11. The molecule has 0 atom stereocenters. The highest BCUT2D eigenvalue weighted by Crippen LogP contribution is 2.14. The van der Waals surface area contributed by atoms with Gasteiger partial charge in [0.25, 0.3) is 11.5 Å². The van der Waals surface area contributed by atoms with Gasteiger partial charge in [0.2, 0.25) is 0 Å². The number of hydrogen-bond donors (Lipinski definition) is 2. The van der Waals surface area contributed by atoms with Crippen molar-refractivity contribution in [1.82, 2.24) is 10.3 Å². The summed E-state index contributed by atoms with van der Waals surface area (Å²) in [5.74, 6) is 0.330. The molecule has 2 aromatic rings. The Labute approximate surface area is 147 Å². The van der Waals surface area contributed by atoms with E-state index in [1.165, 1.54) is 0 Å². The molecule has 2 N–H and O–H groups in total. The molecule has 1 amide bonds. The third-order valence-corrected chi connectivity index (χ3v) is 4.16. The van der Waals surface area contributed by atoms with E-state index in [0.29, 0.717) is 31.1 Å². The van der Waals surface area contributed by atoms with Crippen LogP contribution in [0.1, 0.15) is 32.7 Å². The minimum Gasteiger partial charge on any atom is -0.491 e. The predicted octanol–water partition coefficient (Wildman–Crippen LogP) is 2.26. The molecule has 1 heterocycles. The zero-order chi connectivity index (χ0) is 18.4. The number of ether oxygens (including phenoxy) is 2. The van der Waals surface area contributed by atoms with Crippen LogP contribution in [0.4, 0.5) is 0 Å². The molecule has 1 aromatic carbocycles. The first-order valence-corrected chi connectivity index (χ1v) is 8.13. The number of rotatable bonds is 7. The molecule has 0 bridgehead atoms. The third kappa shape index (κ3) is 4.70. The molecule has 0 fully saturated rings. The van der Waals surface area contributed by atoms with E-state index in [1.54, 1.807) is 14.0 Å². The van der Waals surface area contributed by atoms with Crippen LogP contribution in [-0.2, 0) is 11.3 Å². The number of aryl methyl sites for hydroxylation is 1. The maximum Gasteiger partial charge on any atom is 0.261 e. The molecule has 25 heavy (non-hydrogen) atoms. The van der Waals surface area contributed by atoms with Gasteiger partial charge in [-0.15, -0.1) is 0 Å². The van der Waals surface area contributed by atoms with E-state index in [2.05, 4.69) is 10.3 Å². The zero-order valence-corrected chi connectivity index (χ0v) is 15.1. The number of aromatic amines is 1. The molecule has 0 aliphatic heterocycles. The normalized spacial score (nSPS) is 10.6. The molecule has 0 aliphatic carbocycles. The Morgan fingerprint density at radius 2 is 1.92 bits per heavy atom. The summed E-state index contributed by atoms with van der Waals surface area (Å²) in [6.45, 7) is 6.78. The first-order valence-electron chi connectivity index (χ1n) is 8.13. The predicted molar refractivity (Wildman–Crippen MR) is 96.3 cm³/mol. The maximum absolute atomic E-state index is 12.4. The van der Waals surface area contributed by atoms with Crippen LogP contribution in [-0.4, -0.2) is 31.2 Å². The molecule has 0 saturated heterocycles. The molecule has 2 rings (SSSR count). The van der Waals surface area contributed by atoms with Crippen molar-refractivity contribution in [2.75, 3.05) is 20.3 Å². The van der Waals surface area contributed by atoms with Crippen LogP contribution in [0.25, 0.3) is 0 Å². The summed E-state index contributed by atoms with van der Waals surface area (Å²) >= 11 is 0. The Kier molecular flexibility index (Phi) is 6.36. The van der Waals surface area contributed by atoms with Gasteiger partial charge in [0, 0.05) is 19.3 Å². The van der Waals surface area contributed by atoms with E-state index < -0.39 is 0 Å². The van der Waals surface area contributed by atoms with E-state index in [-0.39, 0.29) is 17.0 Å². The van der Waals surface area contributed by atoms with Crippen molar-refractivity contribution in [1.29, 1.82) is 0 Å². The number of carbonyl (C=O) groups is 1. The average Bonchev–Trinajstić information content (AvgIpc) is 2.59. The van der Waals surface area contributed by atoms with Crippen LogP contribution in [0.15, 0.2) is 29.1 Å². The number of pyridine rings is 1. The third-order valence-electron chi connectivity index (χ3n) is 4.16. The van der Waals surface area contributed by atoms with Gasteiger partial charge in [-0.25, -0.2) is 0 Å². The number of hydrogen-bond acceptors (Lipinski definition) is 4. The highest BCUT2D eigenvalue weighted by Gasteiger charge is 2.16. The Balaban J connectivity index is 2.07. The Hall–Kier alpha value is -2.60. The lowest BCUT2D eigenvalue weighted by atomic mass is 10.0. The first-order chi connectivity index (χ1) is 11.9. The molecule has 134 valence electrons. The summed E-state index contributed by atoms with van der Waals surface area (Å²) in [5, 5.41) is 2.80. The van der Waals surface area contributed by atoms with Gasteiger partial charge in [-0.2, -0.15) is 0 Å². The summed E-state index contributed by atoms with van der Waals surface area (Å²) < 4.78 is 10.5. The maximum atomic E-state index is 12.4. The number of aromatic nitrogens is 1. The van der Waals surface area contributed by atoms with Gasteiger partial charge >= 0.3 is 0 Å². The quantitative estimate of drug-likeness (QED) is 0.755. The van der Waals surface area contributed by atoms with Crippen molar-refractivity contribution in [2.45, 2.75) is 27.3 Å². The van der Waals surface area contributed by atoms with Crippen molar-refractivity contribution in [3.8, 4) is 5.75 Å². The molecule has 0 aliphatic rings. The molecule has 0 spiro atoms. The van der Waals surface area contributed by atoms with Crippen LogP contribution in [0.3, 0.4) is 0 Å². The van der Waals surface area contributed by atoms with Gasteiger partial charge in [-0.1, -0.05) is 12.1 Å². The van der Waals surface area contributed by atoms with Crippen LogP contribution in [0.2, 0.25) is 0 Å². The second-order valence-corrected chi connectivity index (χ2v) is 5.88. The van der Waals surface area contributed by atoms with Gasteiger partial charge in [-0.3, -0.25) is 9.59 Å². The fourth-order valence-corrected chi connectivity index (χ4v) is 2.50. The summed E-state index contributed by atoms with van der Waals surface area (Å²) in [7, 11) is 1.62. The lowest BCUT2D eigenvalue weighted by Crippen LogP contribution is -2.31. The second kappa shape index (κ2) is 8.48. The molecule has 0 unspecified atom stereocenters. The number of amides is 1. The Bertz CT molecular complexity index is 812. The van der Waals surface area contributed by atoms with Crippen LogP contribution in [0.5, 0.6) is 5.75 Å². The highest BCUT2D eigenvalue weighted by atomic mass is 16.5. The van der Waals surface area contributed by atoms with Crippen LogP contribution in [0, 0.1) is 20.8 Å². The number of nitrogens with one attached hydrogen (secondary N) is 2. The van der Waals surface area contributed by atoms with Gasteiger partial charge in [0.05, 0.1) is 6.61 Å². The van der Waals surface area contributed by atoms with Crippen molar-refractivity contribution in [2.24, 2.45) is 0 Å². The number of benzene rings is 1. The van der Waals surface area contributed by atoms with Crippen molar-refractivity contribution < 1.29 is 14.3 Å². The van der Waals surface area contributed by atoms with Crippen LogP contribution >= 0.6 is 0 Å². The molecule has 1 aromatic heterocycles. The standard InChI is InChI=1S/C19H24N2O4/c1-12-13(2)17(19(23)21-14(12)3)18(22)20-11-15-6-5-7-16(10-15)25-9-8-24-4/h5-7,10H,8-9,11H2,1-4H3,(H,20,22)(H,21,23). The molecular weight excluding hydrogens is 320 g/mol. The molecule has 6 nitrogen and oxygen atoms in total. The summed E-state index contributed by atoms with van der Waals surface area (Å²) in [5.41, 5.74) is 3.08. The fraction of sp³-hybridized carbons (Fsp3) is 0.368. The van der Waals surface area contributed by atoms with Crippen molar-refractivity contribution in [3.63, 3.8) is 0 Å². The average molecular weight is 344 g/mol. The van der Waals surface area contributed by atoms with Crippen molar-refractivity contribution in [3.05, 3.63) is 62.6 Å². The smallest absolute Gasteiger partial charge is 0.261 e. The van der Waals surface area contributed by atoms with Gasteiger partial charge in [0.1, 0.15) is 17.9 Å². The van der Waals surface area contributed by atoms with Gasteiger partial charge in [0.15, 0.2) is 0 Å². The Morgan fingerprint density at radius 1 is 1.16 bits per heavy atom. The second-order valence-electron chi connectivity index (χ2n) is 5.88. The number of methoxy groups -OCH3 is 1. The summed E-state index contributed by atoms with van der Waals surface area (Å²) in [6.07, 6.45) is 0. The topological polar surface area (TPSA) is 80.4 Å². The minimum absolute atomic E-state index is 0.163. The molecular formula is C19H24N2O4. The van der Waals surface area contributed by atoms with E-state index in [0.717, 1.165) is 16.8 Å². The van der Waals surface area contributed by atoms with E-state index in [4.69, 9.17) is 9.47 Å². The fourth-order valence-electron chi connectivity index (χ4n) is 2.50. The van der Waals surface area contributed by atoms with E-state index in [1.807, 2.05) is 38.1 Å². The largest absolute Gasteiger partial charge is 0.491 e. The minimum atomic E-state index is -0.382. The monoisotopic (exact) mass is 344 g/mol. The number of carbonyl (C=O) groups excluding carboxylic acids is 1. The summed E-state index contributed by atoms with van der Waals surface area (Å²) in [6, 6.07) is 7.45. The van der Waals surface area contributed by atoms with Gasteiger partial charge < -0.3 is 19.8 Å². The number of H-pyrrole nitrogens is 1. The molecule has 0 saturated carbocycles. The zero-order valence-electron chi connectivity index (χ0n) is 15.1. The summed E-state index contributed by atoms with van der Waals surface area (Å²) in [4.78, 5) is 27.3. The van der Waals surface area contributed by atoms with E-state index in [9.17, 15) is 9.59 Å². The van der Waals surface area contributed by atoms with Crippen molar-refractivity contribution >= 4 is 5.91 Å². The first kappa shape index (κ1) is 18.7.